The summed E-state index contributed by atoms with van der Waals surface area (Å²) >= 11 is 5.96. The van der Waals surface area contributed by atoms with Gasteiger partial charge in [-0.3, -0.25) is 14.5 Å². The van der Waals surface area contributed by atoms with Crippen LogP contribution in [0.2, 0.25) is 5.02 Å². The van der Waals surface area contributed by atoms with Crippen molar-refractivity contribution < 1.29 is 9.59 Å². The predicted octanol–water partition coefficient (Wildman–Crippen LogP) is 3.00. The van der Waals surface area contributed by atoms with Crippen molar-refractivity contribution in [3.8, 4) is 0 Å². The Morgan fingerprint density at radius 1 is 1.16 bits per heavy atom. The van der Waals surface area contributed by atoms with Crippen molar-refractivity contribution in [1.29, 1.82) is 0 Å². The third-order valence-corrected chi connectivity index (χ3v) is 5.55. The summed E-state index contributed by atoms with van der Waals surface area (Å²) in [7, 11) is 0. The van der Waals surface area contributed by atoms with Gasteiger partial charge in [-0.05, 0) is 63.9 Å². The molecule has 1 N–H and O–H groups in total. The number of amides is 2. The Morgan fingerprint density at radius 3 is 2.48 bits per heavy atom. The molecule has 2 fully saturated rings. The van der Waals surface area contributed by atoms with Crippen LogP contribution in [0, 0.1) is 5.92 Å². The molecule has 136 valence electrons. The van der Waals surface area contributed by atoms with Gasteiger partial charge in [0.25, 0.3) is 0 Å². The fourth-order valence-electron chi connectivity index (χ4n) is 3.71. The molecule has 1 atom stereocenters. The summed E-state index contributed by atoms with van der Waals surface area (Å²) in [6, 6.07) is 6.95. The van der Waals surface area contributed by atoms with Crippen molar-refractivity contribution in [3.63, 3.8) is 0 Å². The minimum atomic E-state index is -0.221. The number of hydrogen-bond acceptors (Lipinski definition) is 3. The second-order valence-corrected chi connectivity index (χ2v) is 7.45. The average Bonchev–Trinajstić information content (AvgIpc) is 3.15. The molecule has 2 heterocycles. The van der Waals surface area contributed by atoms with Gasteiger partial charge in [0, 0.05) is 29.7 Å². The van der Waals surface area contributed by atoms with Crippen LogP contribution in [-0.2, 0) is 9.59 Å². The fraction of sp³-hybridized carbons (Fsp3) is 0.579. The number of nitrogens with one attached hydrogen (secondary N) is 1. The molecule has 0 unspecified atom stereocenters. The highest BCUT2D eigenvalue weighted by molar-refractivity contribution is 6.30. The van der Waals surface area contributed by atoms with Gasteiger partial charge < -0.3 is 10.2 Å². The first kappa shape index (κ1) is 18.2. The van der Waals surface area contributed by atoms with Gasteiger partial charge in [-0.1, -0.05) is 17.7 Å². The number of carbonyl (C=O) groups excluding carboxylic acids is 2. The minimum absolute atomic E-state index is 0.0356. The zero-order valence-electron chi connectivity index (χ0n) is 14.7. The van der Waals surface area contributed by atoms with Gasteiger partial charge in [-0.15, -0.1) is 0 Å². The van der Waals surface area contributed by atoms with Crippen molar-refractivity contribution >= 4 is 29.1 Å². The highest BCUT2D eigenvalue weighted by Crippen LogP contribution is 2.24. The molecule has 0 aliphatic carbocycles. The summed E-state index contributed by atoms with van der Waals surface area (Å²) in [6.45, 7) is 5.32. The Bertz CT molecular complexity index is 623. The van der Waals surface area contributed by atoms with Gasteiger partial charge in [0.2, 0.25) is 11.8 Å². The highest BCUT2D eigenvalue weighted by atomic mass is 35.5. The summed E-state index contributed by atoms with van der Waals surface area (Å²) in [4.78, 5) is 29.1. The maximum absolute atomic E-state index is 12.5. The van der Waals surface area contributed by atoms with Crippen LogP contribution in [0.5, 0.6) is 0 Å². The van der Waals surface area contributed by atoms with E-state index in [-0.39, 0.29) is 17.9 Å². The number of nitrogens with zero attached hydrogens (tertiary/aromatic N) is 2. The Hall–Kier alpha value is -1.59. The number of likely N-dealkylation sites (tertiary alicyclic amines) is 2. The molecule has 5 nitrogen and oxygen atoms in total. The van der Waals surface area contributed by atoms with Crippen molar-refractivity contribution in [2.75, 3.05) is 31.5 Å². The Balaban J connectivity index is 1.49. The number of halogens is 1. The third kappa shape index (κ3) is 4.53. The van der Waals surface area contributed by atoms with Crippen LogP contribution in [0.25, 0.3) is 0 Å². The van der Waals surface area contributed by atoms with Gasteiger partial charge in [-0.2, -0.15) is 0 Å². The molecular formula is C19H26ClN3O2. The summed E-state index contributed by atoms with van der Waals surface area (Å²) in [6.07, 6.45) is 3.94. The Morgan fingerprint density at radius 2 is 1.84 bits per heavy atom. The molecule has 25 heavy (non-hydrogen) atoms. The number of anilines is 1. The quantitative estimate of drug-likeness (QED) is 0.894. The summed E-state index contributed by atoms with van der Waals surface area (Å²) < 4.78 is 0. The summed E-state index contributed by atoms with van der Waals surface area (Å²) in [5.41, 5.74) is 0.712. The first-order chi connectivity index (χ1) is 12.0. The Labute approximate surface area is 154 Å². The van der Waals surface area contributed by atoms with Crippen molar-refractivity contribution in [3.05, 3.63) is 29.3 Å². The SMILES string of the molecule is C[C@@H](C(=O)Nc1cccc(Cl)c1)N1CCC(C(=O)N2CCCC2)CC1. The van der Waals surface area contributed by atoms with E-state index in [2.05, 4.69) is 10.2 Å². The van der Waals surface area contributed by atoms with E-state index >= 15 is 0 Å². The molecule has 1 aromatic carbocycles. The Kier molecular flexibility index (Phi) is 5.97. The van der Waals surface area contributed by atoms with E-state index in [9.17, 15) is 9.59 Å². The second-order valence-electron chi connectivity index (χ2n) is 7.02. The first-order valence-corrected chi connectivity index (χ1v) is 9.51. The van der Waals surface area contributed by atoms with E-state index in [1.807, 2.05) is 24.0 Å². The summed E-state index contributed by atoms with van der Waals surface area (Å²) in [5.74, 6) is 0.400. The molecule has 2 aliphatic rings. The normalized spacial score (nSPS) is 20.5. The lowest BCUT2D eigenvalue weighted by Gasteiger charge is -2.36. The molecule has 0 spiro atoms. The lowest BCUT2D eigenvalue weighted by Crippen LogP contribution is -2.48. The molecule has 6 heteroatoms. The first-order valence-electron chi connectivity index (χ1n) is 9.14. The van der Waals surface area contributed by atoms with Crippen LogP contribution < -0.4 is 5.32 Å². The number of rotatable bonds is 4. The van der Waals surface area contributed by atoms with Crippen LogP contribution in [0.3, 0.4) is 0 Å². The maximum Gasteiger partial charge on any atom is 0.241 e. The highest BCUT2D eigenvalue weighted by Gasteiger charge is 2.32. The molecule has 2 saturated heterocycles. The summed E-state index contributed by atoms with van der Waals surface area (Å²) in [5, 5.41) is 3.52. The second kappa shape index (κ2) is 8.19. The van der Waals surface area contributed by atoms with Gasteiger partial charge in [0.1, 0.15) is 0 Å². The van der Waals surface area contributed by atoms with Crippen LogP contribution in [0.4, 0.5) is 5.69 Å². The topological polar surface area (TPSA) is 52.7 Å². The van der Waals surface area contributed by atoms with Crippen LogP contribution in [0.1, 0.15) is 32.6 Å². The van der Waals surface area contributed by atoms with E-state index in [1.54, 1.807) is 12.1 Å². The zero-order valence-corrected chi connectivity index (χ0v) is 15.5. The molecule has 0 bridgehead atoms. The van der Waals surface area contributed by atoms with Crippen LogP contribution in [0.15, 0.2) is 24.3 Å². The van der Waals surface area contributed by atoms with Crippen molar-refractivity contribution in [2.45, 2.75) is 38.6 Å². The standard InChI is InChI=1S/C19H26ClN3O2/c1-14(18(24)21-17-6-4-5-16(20)13-17)22-11-7-15(8-12-22)19(25)23-9-2-3-10-23/h4-6,13-15H,2-3,7-12H2,1H3,(H,21,24)/t14-/m0/s1. The van der Waals surface area contributed by atoms with E-state index in [4.69, 9.17) is 11.6 Å². The molecule has 3 rings (SSSR count). The molecular weight excluding hydrogens is 338 g/mol. The molecule has 2 amide bonds. The van der Waals surface area contributed by atoms with E-state index in [1.165, 1.54) is 0 Å². The van der Waals surface area contributed by atoms with E-state index in [0.29, 0.717) is 16.6 Å². The molecule has 2 aliphatic heterocycles. The number of piperidine rings is 1. The maximum atomic E-state index is 12.5. The largest absolute Gasteiger partial charge is 0.342 e. The lowest BCUT2D eigenvalue weighted by atomic mass is 9.94. The van der Waals surface area contributed by atoms with E-state index < -0.39 is 0 Å². The zero-order chi connectivity index (χ0) is 17.8. The monoisotopic (exact) mass is 363 g/mol. The minimum Gasteiger partial charge on any atom is -0.342 e. The van der Waals surface area contributed by atoms with Crippen molar-refractivity contribution in [1.82, 2.24) is 9.80 Å². The fourth-order valence-corrected chi connectivity index (χ4v) is 3.90. The lowest BCUT2D eigenvalue weighted by molar-refractivity contribution is -0.136. The van der Waals surface area contributed by atoms with Gasteiger partial charge in [0.05, 0.1) is 6.04 Å². The molecule has 0 aromatic heterocycles. The smallest absolute Gasteiger partial charge is 0.241 e. The third-order valence-electron chi connectivity index (χ3n) is 5.32. The number of carbonyl (C=O) groups is 2. The average molecular weight is 364 g/mol. The predicted molar refractivity (Wildman–Crippen MR) is 99.7 cm³/mol. The van der Waals surface area contributed by atoms with Crippen LogP contribution in [-0.4, -0.2) is 53.8 Å². The number of benzene rings is 1. The van der Waals surface area contributed by atoms with Crippen LogP contribution >= 0.6 is 11.6 Å². The van der Waals surface area contributed by atoms with Gasteiger partial charge in [-0.25, -0.2) is 0 Å². The molecule has 0 radical (unpaired) electrons. The van der Waals surface area contributed by atoms with E-state index in [0.717, 1.165) is 51.9 Å². The molecule has 0 saturated carbocycles. The number of hydrogen-bond donors (Lipinski definition) is 1. The van der Waals surface area contributed by atoms with Crippen molar-refractivity contribution in [2.24, 2.45) is 5.92 Å². The van der Waals surface area contributed by atoms with Gasteiger partial charge >= 0.3 is 0 Å². The molecule has 1 aromatic rings. The van der Waals surface area contributed by atoms with Gasteiger partial charge in [0.15, 0.2) is 0 Å².